The van der Waals surface area contributed by atoms with E-state index in [4.69, 9.17) is 0 Å². The van der Waals surface area contributed by atoms with Crippen molar-refractivity contribution in [2.75, 3.05) is 13.1 Å². The van der Waals surface area contributed by atoms with Crippen molar-refractivity contribution in [2.24, 2.45) is 5.92 Å². The van der Waals surface area contributed by atoms with Crippen LogP contribution < -0.4 is 10.6 Å². The molecular formula is C10H18Cl2N4O. The van der Waals surface area contributed by atoms with E-state index in [9.17, 15) is 4.79 Å². The van der Waals surface area contributed by atoms with Gasteiger partial charge in [-0.25, -0.2) is 4.98 Å². The molecular weight excluding hydrogens is 263 g/mol. The molecule has 2 rings (SSSR count). The molecule has 0 radical (unpaired) electrons. The number of nitrogens with zero attached hydrogens (tertiary/aromatic N) is 1. The molecule has 0 spiro atoms. The average Bonchev–Trinajstić information content (AvgIpc) is 2.80. The van der Waals surface area contributed by atoms with E-state index in [1.54, 1.807) is 12.4 Å². The minimum absolute atomic E-state index is 0. The highest BCUT2D eigenvalue weighted by Crippen LogP contribution is 2.09. The zero-order chi connectivity index (χ0) is 10.5. The molecule has 1 fully saturated rings. The van der Waals surface area contributed by atoms with E-state index in [1.807, 2.05) is 0 Å². The molecule has 1 atom stereocenters. The van der Waals surface area contributed by atoms with Crippen LogP contribution in [0.15, 0.2) is 12.4 Å². The van der Waals surface area contributed by atoms with E-state index in [0.717, 1.165) is 31.8 Å². The normalized spacial score (nSPS) is 18.7. The predicted molar refractivity (Wildman–Crippen MR) is 70.5 cm³/mol. The molecule has 2 heterocycles. The van der Waals surface area contributed by atoms with Crippen LogP contribution in [0.4, 0.5) is 0 Å². The molecule has 5 nitrogen and oxygen atoms in total. The summed E-state index contributed by atoms with van der Waals surface area (Å²) in [6.45, 7) is 2.31. The van der Waals surface area contributed by atoms with Crippen LogP contribution >= 0.6 is 24.8 Å². The van der Waals surface area contributed by atoms with E-state index in [1.165, 1.54) is 0 Å². The second-order valence-corrected chi connectivity index (χ2v) is 3.80. The lowest BCUT2D eigenvalue weighted by molar-refractivity contribution is -0.125. The van der Waals surface area contributed by atoms with Crippen LogP contribution in [0.3, 0.4) is 0 Å². The van der Waals surface area contributed by atoms with Gasteiger partial charge in [-0.3, -0.25) is 4.79 Å². The Hall–Kier alpha value is -0.780. The van der Waals surface area contributed by atoms with Crippen LogP contribution in [0, 0.1) is 5.92 Å². The van der Waals surface area contributed by atoms with E-state index >= 15 is 0 Å². The van der Waals surface area contributed by atoms with Gasteiger partial charge in [0.25, 0.3) is 0 Å². The van der Waals surface area contributed by atoms with Gasteiger partial charge in [0, 0.05) is 18.9 Å². The third-order valence-electron chi connectivity index (χ3n) is 2.65. The maximum atomic E-state index is 11.7. The number of amides is 1. The van der Waals surface area contributed by atoms with Crippen LogP contribution in [0.1, 0.15) is 18.7 Å². The van der Waals surface area contributed by atoms with Crippen LogP contribution in [0.5, 0.6) is 0 Å². The van der Waals surface area contributed by atoms with E-state index in [0.29, 0.717) is 6.54 Å². The number of halogens is 2. The topological polar surface area (TPSA) is 69.8 Å². The van der Waals surface area contributed by atoms with Crippen molar-refractivity contribution in [1.82, 2.24) is 20.6 Å². The van der Waals surface area contributed by atoms with Gasteiger partial charge in [-0.05, 0) is 19.4 Å². The smallest absolute Gasteiger partial charge is 0.224 e. The lowest BCUT2D eigenvalue weighted by Gasteiger charge is -2.21. The molecule has 7 heteroatoms. The van der Waals surface area contributed by atoms with Gasteiger partial charge in [0.1, 0.15) is 5.82 Å². The molecule has 1 saturated heterocycles. The number of carbonyl (C=O) groups excluding carboxylic acids is 1. The number of aromatic amines is 1. The maximum Gasteiger partial charge on any atom is 0.224 e. The highest BCUT2D eigenvalue weighted by molar-refractivity contribution is 5.85. The summed E-state index contributed by atoms with van der Waals surface area (Å²) in [5, 5.41) is 6.11. The van der Waals surface area contributed by atoms with Crippen LogP contribution in [-0.4, -0.2) is 29.0 Å². The number of hydrogen-bond donors (Lipinski definition) is 3. The molecule has 1 amide bonds. The summed E-state index contributed by atoms with van der Waals surface area (Å²) in [6.07, 6.45) is 5.50. The summed E-state index contributed by atoms with van der Waals surface area (Å²) >= 11 is 0. The predicted octanol–water partition coefficient (Wildman–Crippen LogP) is 0.869. The third-order valence-corrected chi connectivity index (χ3v) is 2.65. The third kappa shape index (κ3) is 4.93. The SMILES string of the molecule is Cl.Cl.O=C(NCc1ncc[nH]1)[C@@H]1CCCNC1. The molecule has 0 bridgehead atoms. The van der Waals surface area contributed by atoms with Crippen molar-refractivity contribution in [3.05, 3.63) is 18.2 Å². The first-order chi connectivity index (χ1) is 7.36. The average molecular weight is 281 g/mol. The van der Waals surface area contributed by atoms with Crippen molar-refractivity contribution in [1.29, 1.82) is 0 Å². The summed E-state index contributed by atoms with van der Waals surface area (Å²) in [5.41, 5.74) is 0. The van der Waals surface area contributed by atoms with E-state index in [2.05, 4.69) is 20.6 Å². The van der Waals surface area contributed by atoms with Gasteiger partial charge in [0.2, 0.25) is 5.91 Å². The second kappa shape index (κ2) is 8.33. The Morgan fingerprint density at radius 3 is 2.94 bits per heavy atom. The fraction of sp³-hybridized carbons (Fsp3) is 0.600. The van der Waals surface area contributed by atoms with Gasteiger partial charge < -0.3 is 15.6 Å². The first-order valence-corrected chi connectivity index (χ1v) is 5.33. The van der Waals surface area contributed by atoms with Crippen LogP contribution in [0.25, 0.3) is 0 Å². The molecule has 17 heavy (non-hydrogen) atoms. The monoisotopic (exact) mass is 280 g/mol. The van der Waals surface area contributed by atoms with Gasteiger partial charge in [0.15, 0.2) is 0 Å². The highest BCUT2D eigenvalue weighted by Gasteiger charge is 2.20. The maximum absolute atomic E-state index is 11.7. The fourth-order valence-electron chi connectivity index (χ4n) is 1.79. The highest BCUT2D eigenvalue weighted by atomic mass is 35.5. The summed E-state index contributed by atoms with van der Waals surface area (Å²) in [7, 11) is 0. The van der Waals surface area contributed by atoms with Crippen LogP contribution in [-0.2, 0) is 11.3 Å². The Balaban J connectivity index is 0.00000128. The molecule has 3 N–H and O–H groups in total. The number of nitrogens with one attached hydrogen (secondary N) is 3. The molecule has 98 valence electrons. The molecule has 0 aliphatic carbocycles. The Labute approximate surface area is 113 Å². The van der Waals surface area contributed by atoms with Gasteiger partial charge >= 0.3 is 0 Å². The first-order valence-electron chi connectivity index (χ1n) is 5.33. The molecule has 0 saturated carbocycles. The molecule has 0 aromatic carbocycles. The summed E-state index contributed by atoms with van der Waals surface area (Å²) in [5.74, 6) is 1.04. The summed E-state index contributed by atoms with van der Waals surface area (Å²) < 4.78 is 0. The van der Waals surface area contributed by atoms with Crippen LogP contribution in [0.2, 0.25) is 0 Å². The van der Waals surface area contributed by atoms with Crippen molar-refractivity contribution in [3.8, 4) is 0 Å². The van der Waals surface area contributed by atoms with Crippen molar-refractivity contribution in [3.63, 3.8) is 0 Å². The Morgan fingerprint density at radius 1 is 1.53 bits per heavy atom. The molecule has 1 aromatic heterocycles. The standard InChI is InChI=1S/C10H16N4O.2ClH/c15-10(8-2-1-3-11-6-8)14-7-9-12-4-5-13-9;;/h4-5,8,11H,1-3,6-7H2,(H,12,13)(H,14,15);2*1H/t8-;;/m1../s1. The number of imidazole rings is 1. The van der Waals surface area contributed by atoms with E-state index < -0.39 is 0 Å². The molecule has 1 aromatic rings. The summed E-state index contributed by atoms with van der Waals surface area (Å²) in [6, 6.07) is 0. The molecule has 1 aliphatic heterocycles. The first kappa shape index (κ1) is 16.2. The minimum Gasteiger partial charge on any atom is -0.349 e. The number of carbonyl (C=O) groups is 1. The van der Waals surface area contributed by atoms with E-state index in [-0.39, 0.29) is 36.6 Å². The lowest BCUT2D eigenvalue weighted by atomic mass is 9.99. The molecule has 0 unspecified atom stereocenters. The Bertz CT molecular complexity index is 312. The zero-order valence-corrected chi connectivity index (χ0v) is 11.1. The number of piperidine rings is 1. The van der Waals surface area contributed by atoms with Gasteiger partial charge in [-0.15, -0.1) is 24.8 Å². The van der Waals surface area contributed by atoms with Gasteiger partial charge in [-0.1, -0.05) is 0 Å². The molecule has 1 aliphatic rings. The Morgan fingerprint density at radius 2 is 2.35 bits per heavy atom. The number of hydrogen-bond acceptors (Lipinski definition) is 3. The quantitative estimate of drug-likeness (QED) is 0.770. The second-order valence-electron chi connectivity index (χ2n) is 3.80. The summed E-state index contributed by atoms with van der Waals surface area (Å²) in [4.78, 5) is 18.7. The van der Waals surface area contributed by atoms with Crippen molar-refractivity contribution in [2.45, 2.75) is 19.4 Å². The van der Waals surface area contributed by atoms with Gasteiger partial charge in [0.05, 0.1) is 12.5 Å². The minimum atomic E-state index is 0. The number of aromatic nitrogens is 2. The zero-order valence-electron chi connectivity index (χ0n) is 9.44. The lowest BCUT2D eigenvalue weighted by Crippen LogP contribution is -2.40. The Kier molecular flexibility index (Phi) is 7.95. The van der Waals surface area contributed by atoms with Gasteiger partial charge in [-0.2, -0.15) is 0 Å². The fourth-order valence-corrected chi connectivity index (χ4v) is 1.79. The largest absolute Gasteiger partial charge is 0.349 e. The van der Waals surface area contributed by atoms with Crippen molar-refractivity contribution < 1.29 is 4.79 Å². The number of rotatable bonds is 3. The number of H-pyrrole nitrogens is 1. The van der Waals surface area contributed by atoms with Crippen molar-refractivity contribution >= 4 is 30.7 Å².